The standard InChI is InChI=1S/C16H12N2OS/c1-10-8-11(19)6-7-12(10)13-9-18-14-4-2-3-5-15(14)20-16(18)17-13/h2-9,19H,1H3. The molecule has 4 rings (SSSR count). The first-order chi connectivity index (χ1) is 9.72. The van der Waals surface area contributed by atoms with Crippen LogP contribution in [0.25, 0.3) is 26.4 Å². The van der Waals surface area contributed by atoms with E-state index in [-0.39, 0.29) is 5.75 Å². The second-order valence-corrected chi connectivity index (χ2v) is 5.86. The first-order valence-electron chi connectivity index (χ1n) is 6.39. The Labute approximate surface area is 119 Å². The smallest absolute Gasteiger partial charge is 0.195 e. The number of aromatic hydroxyl groups is 1. The van der Waals surface area contributed by atoms with Gasteiger partial charge in [0, 0.05) is 11.8 Å². The summed E-state index contributed by atoms with van der Waals surface area (Å²) in [7, 11) is 0. The summed E-state index contributed by atoms with van der Waals surface area (Å²) >= 11 is 1.69. The van der Waals surface area contributed by atoms with E-state index in [2.05, 4.69) is 22.7 Å². The van der Waals surface area contributed by atoms with Gasteiger partial charge in [0.1, 0.15) is 5.75 Å². The highest BCUT2D eigenvalue weighted by atomic mass is 32.1. The van der Waals surface area contributed by atoms with Crippen molar-refractivity contribution < 1.29 is 5.11 Å². The molecule has 0 radical (unpaired) electrons. The van der Waals surface area contributed by atoms with Crippen LogP contribution in [-0.2, 0) is 0 Å². The van der Waals surface area contributed by atoms with E-state index in [1.807, 2.05) is 25.1 Å². The van der Waals surface area contributed by atoms with Crippen molar-refractivity contribution in [2.45, 2.75) is 6.92 Å². The largest absolute Gasteiger partial charge is 0.508 e. The van der Waals surface area contributed by atoms with Gasteiger partial charge in [0.15, 0.2) is 4.96 Å². The van der Waals surface area contributed by atoms with E-state index < -0.39 is 0 Å². The van der Waals surface area contributed by atoms with Crippen LogP contribution in [-0.4, -0.2) is 14.5 Å². The Bertz CT molecular complexity index is 936. The van der Waals surface area contributed by atoms with E-state index in [9.17, 15) is 5.11 Å². The second-order valence-electron chi connectivity index (χ2n) is 4.85. The molecule has 2 heterocycles. The lowest BCUT2D eigenvalue weighted by molar-refractivity contribution is 0.475. The van der Waals surface area contributed by atoms with Gasteiger partial charge in [0.2, 0.25) is 0 Å². The Morgan fingerprint density at radius 3 is 2.85 bits per heavy atom. The molecule has 1 N–H and O–H groups in total. The van der Waals surface area contributed by atoms with E-state index in [0.717, 1.165) is 21.8 Å². The third-order valence-corrected chi connectivity index (χ3v) is 4.52. The molecular weight excluding hydrogens is 268 g/mol. The molecule has 0 saturated heterocycles. The van der Waals surface area contributed by atoms with E-state index in [4.69, 9.17) is 4.98 Å². The topological polar surface area (TPSA) is 37.5 Å². The highest BCUT2D eigenvalue weighted by molar-refractivity contribution is 7.23. The van der Waals surface area contributed by atoms with Crippen LogP contribution in [0.4, 0.5) is 0 Å². The fraction of sp³-hybridized carbons (Fsp3) is 0.0625. The van der Waals surface area contributed by atoms with Gasteiger partial charge in [0.05, 0.1) is 15.9 Å². The fourth-order valence-electron chi connectivity index (χ4n) is 2.51. The molecule has 2 aromatic heterocycles. The maximum atomic E-state index is 9.50. The SMILES string of the molecule is Cc1cc(O)ccc1-c1cn2c(n1)sc1ccccc12. The number of imidazole rings is 1. The molecule has 0 unspecified atom stereocenters. The predicted molar refractivity (Wildman–Crippen MR) is 82.4 cm³/mol. The summed E-state index contributed by atoms with van der Waals surface area (Å²) in [5.41, 5.74) is 4.21. The summed E-state index contributed by atoms with van der Waals surface area (Å²) in [6, 6.07) is 13.7. The number of rotatable bonds is 1. The molecule has 0 aliphatic rings. The molecule has 0 amide bonds. The van der Waals surface area contributed by atoms with E-state index in [1.54, 1.807) is 23.5 Å². The van der Waals surface area contributed by atoms with Crippen LogP contribution in [0.2, 0.25) is 0 Å². The number of benzene rings is 2. The highest BCUT2D eigenvalue weighted by Crippen LogP contribution is 2.31. The van der Waals surface area contributed by atoms with Gasteiger partial charge in [0.25, 0.3) is 0 Å². The van der Waals surface area contributed by atoms with Crippen LogP contribution < -0.4 is 0 Å². The Balaban J connectivity index is 1.97. The number of fused-ring (bicyclic) bond motifs is 3. The van der Waals surface area contributed by atoms with Crippen LogP contribution in [0.3, 0.4) is 0 Å². The fourth-order valence-corrected chi connectivity index (χ4v) is 3.52. The molecule has 0 spiro atoms. The average molecular weight is 280 g/mol. The predicted octanol–water partition coefficient (Wildman–Crippen LogP) is 4.23. The number of thiazole rings is 1. The number of hydrogen-bond acceptors (Lipinski definition) is 3. The van der Waals surface area contributed by atoms with Crippen LogP contribution in [0.5, 0.6) is 5.75 Å². The Morgan fingerprint density at radius 2 is 2.00 bits per heavy atom. The quantitative estimate of drug-likeness (QED) is 0.566. The number of aromatic nitrogens is 2. The van der Waals surface area contributed by atoms with Gasteiger partial charge in [-0.25, -0.2) is 4.98 Å². The zero-order chi connectivity index (χ0) is 13.7. The summed E-state index contributed by atoms with van der Waals surface area (Å²) in [5, 5.41) is 9.50. The summed E-state index contributed by atoms with van der Waals surface area (Å²) in [6.45, 7) is 1.99. The van der Waals surface area contributed by atoms with Crippen molar-refractivity contribution in [2.75, 3.05) is 0 Å². The minimum Gasteiger partial charge on any atom is -0.508 e. The molecule has 0 atom stereocenters. The molecule has 2 aromatic carbocycles. The van der Waals surface area contributed by atoms with Gasteiger partial charge < -0.3 is 5.11 Å². The normalized spacial score (nSPS) is 11.4. The van der Waals surface area contributed by atoms with Crippen molar-refractivity contribution in [3.05, 3.63) is 54.2 Å². The average Bonchev–Trinajstić information content (AvgIpc) is 2.96. The van der Waals surface area contributed by atoms with Gasteiger partial charge in [-0.2, -0.15) is 0 Å². The van der Waals surface area contributed by atoms with E-state index >= 15 is 0 Å². The third-order valence-electron chi connectivity index (χ3n) is 3.49. The molecule has 0 saturated carbocycles. The van der Waals surface area contributed by atoms with E-state index in [0.29, 0.717) is 0 Å². The van der Waals surface area contributed by atoms with Gasteiger partial charge in [-0.3, -0.25) is 4.40 Å². The molecule has 20 heavy (non-hydrogen) atoms. The molecule has 3 nitrogen and oxygen atoms in total. The maximum Gasteiger partial charge on any atom is 0.195 e. The van der Waals surface area contributed by atoms with Crippen molar-refractivity contribution in [1.29, 1.82) is 0 Å². The van der Waals surface area contributed by atoms with Gasteiger partial charge >= 0.3 is 0 Å². The minimum atomic E-state index is 0.290. The van der Waals surface area contributed by atoms with Crippen LogP contribution in [0.1, 0.15) is 5.56 Å². The lowest BCUT2D eigenvalue weighted by Gasteiger charge is -2.02. The zero-order valence-electron chi connectivity index (χ0n) is 10.9. The third kappa shape index (κ3) is 1.62. The second kappa shape index (κ2) is 4.08. The minimum absolute atomic E-state index is 0.290. The number of nitrogens with zero attached hydrogens (tertiary/aromatic N) is 2. The Hall–Kier alpha value is -2.33. The lowest BCUT2D eigenvalue weighted by Crippen LogP contribution is -1.82. The lowest BCUT2D eigenvalue weighted by atomic mass is 10.1. The monoisotopic (exact) mass is 280 g/mol. The molecule has 0 aliphatic carbocycles. The van der Waals surface area contributed by atoms with Gasteiger partial charge in [-0.1, -0.05) is 23.5 Å². The van der Waals surface area contributed by atoms with Crippen LogP contribution in [0, 0.1) is 6.92 Å². The first kappa shape index (κ1) is 11.5. The summed E-state index contributed by atoms with van der Waals surface area (Å²) in [5.74, 6) is 0.290. The molecule has 0 fully saturated rings. The highest BCUT2D eigenvalue weighted by Gasteiger charge is 2.11. The maximum absolute atomic E-state index is 9.50. The summed E-state index contributed by atoms with van der Waals surface area (Å²) in [6.07, 6.45) is 2.06. The number of phenolic OH excluding ortho intramolecular Hbond substituents is 1. The summed E-state index contributed by atoms with van der Waals surface area (Å²) < 4.78 is 3.37. The zero-order valence-corrected chi connectivity index (χ0v) is 11.7. The number of para-hydroxylation sites is 1. The molecule has 0 aliphatic heterocycles. The Morgan fingerprint density at radius 1 is 1.15 bits per heavy atom. The van der Waals surface area contributed by atoms with Gasteiger partial charge in [-0.05, 0) is 42.8 Å². The van der Waals surface area contributed by atoms with E-state index in [1.165, 1.54) is 10.2 Å². The number of hydrogen-bond donors (Lipinski definition) is 1. The molecule has 4 heteroatoms. The molecular formula is C16H12N2OS. The number of aryl methyl sites for hydroxylation is 1. The summed E-state index contributed by atoms with van der Waals surface area (Å²) in [4.78, 5) is 5.70. The van der Waals surface area contributed by atoms with Gasteiger partial charge in [-0.15, -0.1) is 0 Å². The van der Waals surface area contributed by atoms with Crippen molar-refractivity contribution in [3.8, 4) is 17.0 Å². The van der Waals surface area contributed by atoms with Crippen molar-refractivity contribution >= 4 is 26.5 Å². The van der Waals surface area contributed by atoms with Crippen molar-refractivity contribution in [2.24, 2.45) is 0 Å². The van der Waals surface area contributed by atoms with Crippen LogP contribution in [0.15, 0.2) is 48.7 Å². The van der Waals surface area contributed by atoms with Crippen molar-refractivity contribution in [1.82, 2.24) is 9.38 Å². The Kier molecular flexibility index (Phi) is 2.35. The molecule has 98 valence electrons. The van der Waals surface area contributed by atoms with Crippen LogP contribution >= 0.6 is 11.3 Å². The number of phenols is 1. The molecule has 4 aromatic rings. The molecule has 0 bridgehead atoms. The van der Waals surface area contributed by atoms with Crippen molar-refractivity contribution in [3.63, 3.8) is 0 Å². The first-order valence-corrected chi connectivity index (χ1v) is 7.21.